The van der Waals surface area contributed by atoms with Crippen LogP contribution in [0.4, 0.5) is 5.13 Å². The number of nitrogens with one attached hydrogen (secondary N) is 1. The Kier molecular flexibility index (Phi) is 5.10. The van der Waals surface area contributed by atoms with Crippen molar-refractivity contribution < 1.29 is 4.79 Å². The van der Waals surface area contributed by atoms with Crippen molar-refractivity contribution in [3.05, 3.63) is 71.2 Å². The maximum atomic E-state index is 12.3. The van der Waals surface area contributed by atoms with Crippen molar-refractivity contribution in [1.29, 1.82) is 0 Å². The second-order valence-corrected chi connectivity index (χ2v) is 6.70. The summed E-state index contributed by atoms with van der Waals surface area (Å²) >= 11 is 3.17. The number of thiazole rings is 1. The first kappa shape index (κ1) is 15.8. The molecule has 0 saturated heterocycles. The number of carbonyl (C=O) groups excluding carboxylic acids is 1. The Morgan fingerprint density at radius 3 is 2.48 bits per heavy atom. The molecule has 0 spiro atoms. The van der Waals surface area contributed by atoms with E-state index in [0.717, 1.165) is 22.6 Å². The molecule has 5 heteroatoms. The smallest absolute Gasteiger partial charge is 0.257 e. The van der Waals surface area contributed by atoms with Crippen molar-refractivity contribution in [1.82, 2.24) is 4.98 Å². The second kappa shape index (κ2) is 7.44. The molecule has 0 saturated carbocycles. The number of aromatic nitrogens is 1. The van der Waals surface area contributed by atoms with Gasteiger partial charge >= 0.3 is 0 Å². The van der Waals surface area contributed by atoms with E-state index in [1.807, 2.05) is 54.1 Å². The fourth-order valence-corrected chi connectivity index (χ4v) is 3.45. The lowest BCUT2D eigenvalue weighted by atomic mass is 10.0. The molecule has 23 heavy (non-hydrogen) atoms. The van der Waals surface area contributed by atoms with E-state index in [1.165, 1.54) is 11.3 Å². The normalized spacial score (nSPS) is 10.5. The molecule has 0 atom stereocenters. The first-order valence-corrected chi connectivity index (χ1v) is 9.44. The van der Waals surface area contributed by atoms with Gasteiger partial charge in [-0.3, -0.25) is 10.1 Å². The fraction of sp³-hybridized carbons (Fsp3) is 0.111. The zero-order valence-corrected chi connectivity index (χ0v) is 14.3. The molecule has 0 aliphatic heterocycles. The molecule has 116 valence electrons. The fourth-order valence-electron chi connectivity index (χ4n) is 2.19. The molecule has 1 amide bonds. The van der Waals surface area contributed by atoms with Gasteiger partial charge in [-0.05, 0) is 29.5 Å². The van der Waals surface area contributed by atoms with Gasteiger partial charge in [0.2, 0.25) is 0 Å². The maximum Gasteiger partial charge on any atom is 0.257 e. The summed E-state index contributed by atoms with van der Waals surface area (Å²) in [5.41, 5.74) is 3.86. The summed E-state index contributed by atoms with van der Waals surface area (Å²) < 4.78 is 0. The first-order chi connectivity index (χ1) is 11.3. The van der Waals surface area contributed by atoms with Crippen LogP contribution in [-0.2, 0) is 5.75 Å². The Bertz CT molecular complexity index is 782. The van der Waals surface area contributed by atoms with Crippen LogP contribution in [0.3, 0.4) is 0 Å². The Hall–Kier alpha value is -2.11. The lowest BCUT2D eigenvalue weighted by Crippen LogP contribution is -2.11. The molecule has 0 aliphatic carbocycles. The van der Waals surface area contributed by atoms with E-state index in [-0.39, 0.29) is 5.91 Å². The number of hydrogen-bond acceptors (Lipinski definition) is 4. The lowest BCUT2D eigenvalue weighted by molar-refractivity contribution is 0.102. The van der Waals surface area contributed by atoms with Gasteiger partial charge in [0.1, 0.15) is 0 Å². The van der Waals surface area contributed by atoms with E-state index >= 15 is 0 Å². The number of carbonyl (C=O) groups is 1. The average Bonchev–Trinajstić information content (AvgIpc) is 3.03. The highest BCUT2D eigenvalue weighted by Gasteiger charge is 2.09. The van der Waals surface area contributed by atoms with Crippen molar-refractivity contribution in [2.45, 2.75) is 5.75 Å². The summed E-state index contributed by atoms with van der Waals surface area (Å²) in [6.45, 7) is 0. The van der Waals surface area contributed by atoms with E-state index in [9.17, 15) is 4.79 Å². The Labute approximate surface area is 143 Å². The Morgan fingerprint density at radius 1 is 1.09 bits per heavy atom. The number of benzene rings is 2. The van der Waals surface area contributed by atoms with E-state index in [4.69, 9.17) is 0 Å². The summed E-state index contributed by atoms with van der Waals surface area (Å²) in [5.74, 6) is 0.729. The number of amides is 1. The predicted octanol–water partition coefficient (Wildman–Crippen LogP) is 4.93. The van der Waals surface area contributed by atoms with Crippen molar-refractivity contribution in [3.8, 4) is 11.1 Å². The molecule has 0 aliphatic rings. The minimum atomic E-state index is -0.130. The number of thioether (sulfide) groups is 1. The number of nitrogens with zero attached hydrogens (tertiary/aromatic N) is 1. The zero-order chi connectivity index (χ0) is 16.1. The summed E-state index contributed by atoms with van der Waals surface area (Å²) in [4.78, 5) is 16.7. The summed E-state index contributed by atoms with van der Waals surface area (Å²) in [6.07, 6.45) is 2.03. The third kappa shape index (κ3) is 4.00. The van der Waals surface area contributed by atoms with Crippen LogP contribution in [0.15, 0.2) is 60.0 Å². The highest BCUT2D eigenvalue weighted by Crippen LogP contribution is 2.21. The molecular formula is C18H16N2OS2. The van der Waals surface area contributed by atoms with E-state index in [2.05, 4.69) is 22.4 Å². The van der Waals surface area contributed by atoms with Gasteiger partial charge in [-0.1, -0.05) is 42.5 Å². The lowest BCUT2D eigenvalue weighted by Gasteiger charge is -2.04. The Morgan fingerprint density at radius 2 is 1.78 bits per heavy atom. The Balaban J connectivity index is 1.70. The zero-order valence-electron chi connectivity index (χ0n) is 12.7. The van der Waals surface area contributed by atoms with Crippen LogP contribution >= 0.6 is 23.1 Å². The van der Waals surface area contributed by atoms with E-state index in [1.54, 1.807) is 11.8 Å². The standard InChI is InChI=1S/C18H16N2OS2/c1-22-11-16-12-23-18(19-16)20-17(21)15-9-7-14(8-10-15)13-5-3-2-4-6-13/h2-10,12H,11H2,1H3,(H,19,20,21). The van der Waals surface area contributed by atoms with Gasteiger partial charge in [0.25, 0.3) is 5.91 Å². The van der Waals surface area contributed by atoms with Gasteiger partial charge in [-0.2, -0.15) is 11.8 Å². The van der Waals surface area contributed by atoms with Crippen molar-refractivity contribution in [2.24, 2.45) is 0 Å². The summed E-state index contributed by atoms with van der Waals surface area (Å²) in [6, 6.07) is 17.7. The molecule has 2 aromatic carbocycles. The quantitative estimate of drug-likeness (QED) is 0.716. The second-order valence-electron chi connectivity index (χ2n) is 4.97. The summed E-state index contributed by atoms with van der Waals surface area (Å²) in [5, 5.41) is 5.48. The molecule has 0 fully saturated rings. The van der Waals surface area contributed by atoms with Crippen molar-refractivity contribution >= 4 is 34.1 Å². The molecule has 1 N–H and O–H groups in total. The summed E-state index contributed by atoms with van der Waals surface area (Å²) in [7, 11) is 0. The number of rotatable bonds is 5. The van der Waals surface area contributed by atoms with E-state index in [0.29, 0.717) is 10.7 Å². The molecule has 0 bridgehead atoms. The molecular weight excluding hydrogens is 324 g/mol. The van der Waals surface area contributed by atoms with Crippen LogP contribution in [0.1, 0.15) is 16.1 Å². The van der Waals surface area contributed by atoms with Gasteiger partial charge in [0.05, 0.1) is 5.69 Å². The average molecular weight is 340 g/mol. The van der Waals surface area contributed by atoms with Crippen LogP contribution in [0, 0.1) is 0 Å². The van der Waals surface area contributed by atoms with E-state index < -0.39 is 0 Å². The monoisotopic (exact) mass is 340 g/mol. The molecule has 1 aromatic heterocycles. The maximum absolute atomic E-state index is 12.3. The van der Waals surface area contributed by atoms with Gasteiger partial charge in [0, 0.05) is 16.7 Å². The van der Waals surface area contributed by atoms with Crippen LogP contribution < -0.4 is 5.32 Å². The van der Waals surface area contributed by atoms with Crippen LogP contribution in [0.25, 0.3) is 11.1 Å². The van der Waals surface area contributed by atoms with Crippen LogP contribution in [0.2, 0.25) is 0 Å². The van der Waals surface area contributed by atoms with Crippen molar-refractivity contribution in [2.75, 3.05) is 11.6 Å². The molecule has 0 unspecified atom stereocenters. The van der Waals surface area contributed by atoms with Crippen LogP contribution in [-0.4, -0.2) is 17.1 Å². The highest BCUT2D eigenvalue weighted by atomic mass is 32.2. The molecule has 1 heterocycles. The minimum absolute atomic E-state index is 0.130. The van der Waals surface area contributed by atoms with Gasteiger partial charge < -0.3 is 0 Å². The van der Waals surface area contributed by atoms with Crippen LogP contribution in [0.5, 0.6) is 0 Å². The largest absolute Gasteiger partial charge is 0.298 e. The molecule has 3 aromatic rings. The molecule has 3 nitrogen and oxygen atoms in total. The first-order valence-electron chi connectivity index (χ1n) is 7.16. The highest BCUT2D eigenvalue weighted by molar-refractivity contribution is 7.97. The molecule has 0 radical (unpaired) electrons. The minimum Gasteiger partial charge on any atom is -0.298 e. The SMILES string of the molecule is CSCc1csc(NC(=O)c2ccc(-c3ccccc3)cc2)n1. The number of hydrogen-bond donors (Lipinski definition) is 1. The van der Waals surface area contributed by atoms with Gasteiger partial charge in [-0.25, -0.2) is 4.98 Å². The van der Waals surface area contributed by atoms with Gasteiger partial charge in [0.15, 0.2) is 5.13 Å². The third-order valence-corrected chi connectivity index (χ3v) is 4.71. The number of anilines is 1. The predicted molar refractivity (Wildman–Crippen MR) is 99.2 cm³/mol. The van der Waals surface area contributed by atoms with Crippen molar-refractivity contribution in [3.63, 3.8) is 0 Å². The third-order valence-electron chi connectivity index (χ3n) is 3.32. The molecule has 3 rings (SSSR count). The topological polar surface area (TPSA) is 42.0 Å². The van der Waals surface area contributed by atoms with Gasteiger partial charge in [-0.15, -0.1) is 11.3 Å².